The molecule has 2 saturated heterocycles. The summed E-state index contributed by atoms with van der Waals surface area (Å²) in [5.41, 5.74) is 1.75. The Balaban J connectivity index is 1.57. The smallest absolute Gasteiger partial charge is 0.319 e. The van der Waals surface area contributed by atoms with Gasteiger partial charge in [0.15, 0.2) is 0 Å². The van der Waals surface area contributed by atoms with Gasteiger partial charge >= 0.3 is 6.55 Å². The molecular weight excluding hydrogens is 336 g/mol. The second-order valence-electron chi connectivity index (χ2n) is 7.44. The van der Waals surface area contributed by atoms with Gasteiger partial charge in [-0.25, -0.2) is 0 Å². The fraction of sp³-hybridized carbons (Fsp3) is 0.450. The van der Waals surface area contributed by atoms with Crippen molar-refractivity contribution >= 4 is 5.91 Å². The van der Waals surface area contributed by atoms with E-state index in [1.165, 1.54) is 11.6 Å². The predicted molar refractivity (Wildman–Crippen MR) is 95.1 cm³/mol. The molecule has 3 heterocycles. The SMILES string of the molecule is Cc1ccc(C(=O)N2C[C@@H]3CN(C)[C@@H](c4ccccc4)[C@@H]3C2)n1C(F)F. The monoisotopic (exact) mass is 359 g/mol. The molecule has 2 fully saturated rings. The molecular formula is C20H23F2N3O. The molecule has 1 aromatic heterocycles. The van der Waals surface area contributed by atoms with E-state index in [1.54, 1.807) is 17.9 Å². The van der Waals surface area contributed by atoms with E-state index in [0.717, 1.165) is 11.1 Å². The van der Waals surface area contributed by atoms with Gasteiger partial charge in [-0.1, -0.05) is 30.3 Å². The van der Waals surface area contributed by atoms with Crippen LogP contribution in [0.5, 0.6) is 0 Å². The van der Waals surface area contributed by atoms with Crippen LogP contribution in [0.15, 0.2) is 42.5 Å². The zero-order valence-corrected chi connectivity index (χ0v) is 15.0. The van der Waals surface area contributed by atoms with Crippen molar-refractivity contribution in [3.05, 3.63) is 59.4 Å². The van der Waals surface area contributed by atoms with Gasteiger partial charge in [0.1, 0.15) is 5.69 Å². The molecule has 3 atom stereocenters. The van der Waals surface area contributed by atoms with E-state index >= 15 is 0 Å². The highest BCUT2D eigenvalue weighted by molar-refractivity contribution is 5.93. The summed E-state index contributed by atoms with van der Waals surface area (Å²) in [6, 6.07) is 13.7. The molecule has 1 aromatic carbocycles. The van der Waals surface area contributed by atoms with Crippen LogP contribution >= 0.6 is 0 Å². The van der Waals surface area contributed by atoms with E-state index in [2.05, 4.69) is 24.1 Å². The molecule has 0 spiro atoms. The predicted octanol–water partition coefficient (Wildman–Crippen LogP) is 3.57. The van der Waals surface area contributed by atoms with Crippen LogP contribution in [0.1, 0.15) is 34.3 Å². The summed E-state index contributed by atoms with van der Waals surface area (Å²) in [7, 11) is 2.12. The molecule has 2 aliphatic rings. The molecule has 4 nitrogen and oxygen atoms in total. The molecule has 0 saturated carbocycles. The third-order valence-corrected chi connectivity index (χ3v) is 5.86. The molecule has 1 amide bonds. The van der Waals surface area contributed by atoms with Crippen molar-refractivity contribution in [3.63, 3.8) is 0 Å². The summed E-state index contributed by atoms with van der Waals surface area (Å²) < 4.78 is 27.5. The lowest BCUT2D eigenvalue weighted by Crippen LogP contribution is -2.34. The minimum atomic E-state index is -2.70. The molecule has 2 aromatic rings. The van der Waals surface area contributed by atoms with E-state index in [0.29, 0.717) is 30.6 Å². The Bertz CT molecular complexity index is 805. The second kappa shape index (κ2) is 6.50. The third-order valence-electron chi connectivity index (χ3n) is 5.86. The zero-order valence-electron chi connectivity index (χ0n) is 15.0. The number of aryl methyl sites for hydroxylation is 1. The van der Waals surface area contributed by atoms with E-state index in [1.807, 2.05) is 18.2 Å². The lowest BCUT2D eigenvalue weighted by Gasteiger charge is -2.27. The molecule has 26 heavy (non-hydrogen) atoms. The van der Waals surface area contributed by atoms with Crippen molar-refractivity contribution in [3.8, 4) is 0 Å². The first-order chi connectivity index (χ1) is 12.5. The number of nitrogens with zero attached hydrogens (tertiary/aromatic N) is 3. The van der Waals surface area contributed by atoms with Gasteiger partial charge in [0.05, 0.1) is 0 Å². The van der Waals surface area contributed by atoms with Gasteiger partial charge in [-0.15, -0.1) is 0 Å². The lowest BCUT2D eigenvalue weighted by atomic mass is 9.90. The maximum absolute atomic E-state index is 13.3. The van der Waals surface area contributed by atoms with Gasteiger partial charge in [0.25, 0.3) is 5.91 Å². The number of benzene rings is 1. The van der Waals surface area contributed by atoms with Gasteiger partial charge < -0.3 is 4.90 Å². The normalized spacial score (nSPS) is 25.9. The van der Waals surface area contributed by atoms with Crippen molar-refractivity contribution < 1.29 is 13.6 Å². The molecule has 0 radical (unpaired) electrons. The fourth-order valence-corrected chi connectivity index (χ4v) is 4.72. The molecule has 6 heteroatoms. The first-order valence-corrected chi connectivity index (χ1v) is 8.98. The standard InChI is InChI=1S/C20H23F2N3O/c1-13-8-9-17(25(13)20(21)22)19(26)24-11-15-10-23(2)18(16(15)12-24)14-6-4-3-5-7-14/h3-9,15-16,18,20H,10-12H2,1-2H3/t15-,16+,18-/m0/s1. The Hall–Kier alpha value is -2.21. The number of rotatable bonds is 3. The Morgan fingerprint density at radius 3 is 2.50 bits per heavy atom. The van der Waals surface area contributed by atoms with Crippen molar-refractivity contribution in [2.45, 2.75) is 19.5 Å². The van der Waals surface area contributed by atoms with Crippen LogP contribution in [0.25, 0.3) is 0 Å². The number of halogens is 2. The number of alkyl halides is 2. The average molecular weight is 359 g/mol. The minimum absolute atomic E-state index is 0.0853. The number of amides is 1. The summed E-state index contributed by atoms with van der Waals surface area (Å²) in [5, 5.41) is 0. The lowest BCUT2D eigenvalue weighted by molar-refractivity contribution is 0.0557. The van der Waals surface area contributed by atoms with Gasteiger partial charge in [-0.3, -0.25) is 14.3 Å². The van der Waals surface area contributed by atoms with Crippen LogP contribution in [-0.4, -0.2) is 47.0 Å². The van der Waals surface area contributed by atoms with Crippen LogP contribution in [0.2, 0.25) is 0 Å². The molecule has 138 valence electrons. The molecule has 0 aliphatic carbocycles. The molecule has 2 aliphatic heterocycles. The number of aromatic nitrogens is 1. The number of hydrogen-bond donors (Lipinski definition) is 0. The quantitative estimate of drug-likeness (QED) is 0.838. The van der Waals surface area contributed by atoms with Crippen LogP contribution in [0, 0.1) is 18.8 Å². The first kappa shape index (κ1) is 17.2. The van der Waals surface area contributed by atoms with Gasteiger partial charge in [0, 0.05) is 37.3 Å². The van der Waals surface area contributed by atoms with Crippen LogP contribution in [-0.2, 0) is 0 Å². The second-order valence-corrected chi connectivity index (χ2v) is 7.44. The first-order valence-electron chi connectivity index (χ1n) is 8.98. The number of likely N-dealkylation sites (tertiary alicyclic amines) is 2. The van der Waals surface area contributed by atoms with Gasteiger partial charge in [-0.2, -0.15) is 8.78 Å². The average Bonchev–Trinajstić information content (AvgIpc) is 3.26. The number of hydrogen-bond acceptors (Lipinski definition) is 2. The summed E-state index contributed by atoms with van der Waals surface area (Å²) >= 11 is 0. The maximum Gasteiger partial charge on any atom is 0.319 e. The highest BCUT2D eigenvalue weighted by Gasteiger charge is 2.47. The summed E-state index contributed by atoms with van der Waals surface area (Å²) in [6.07, 6.45) is 0. The largest absolute Gasteiger partial charge is 0.337 e. The van der Waals surface area contributed by atoms with Gasteiger partial charge in [0.2, 0.25) is 0 Å². The molecule has 0 bridgehead atoms. The Morgan fingerprint density at radius 1 is 1.08 bits per heavy atom. The molecule has 0 unspecified atom stereocenters. The molecule has 0 N–H and O–H groups in total. The minimum Gasteiger partial charge on any atom is -0.337 e. The summed E-state index contributed by atoms with van der Waals surface area (Å²) in [5.74, 6) is 0.426. The number of carbonyl (C=O) groups is 1. The van der Waals surface area contributed by atoms with E-state index in [-0.39, 0.29) is 17.6 Å². The Kier molecular flexibility index (Phi) is 4.31. The van der Waals surface area contributed by atoms with Crippen molar-refractivity contribution in [2.24, 2.45) is 11.8 Å². The Morgan fingerprint density at radius 2 is 1.81 bits per heavy atom. The topological polar surface area (TPSA) is 28.5 Å². The zero-order chi connectivity index (χ0) is 18.4. The van der Waals surface area contributed by atoms with Gasteiger partial charge in [-0.05, 0) is 37.6 Å². The Labute approximate surface area is 152 Å². The highest BCUT2D eigenvalue weighted by atomic mass is 19.3. The van der Waals surface area contributed by atoms with E-state index < -0.39 is 6.55 Å². The van der Waals surface area contributed by atoms with Crippen LogP contribution < -0.4 is 0 Å². The third kappa shape index (κ3) is 2.72. The summed E-state index contributed by atoms with van der Waals surface area (Å²) in [6.45, 7) is 1.06. The number of carbonyl (C=O) groups excluding carboxylic acids is 1. The van der Waals surface area contributed by atoms with Crippen molar-refractivity contribution in [1.82, 2.24) is 14.4 Å². The fourth-order valence-electron chi connectivity index (χ4n) is 4.72. The van der Waals surface area contributed by atoms with Crippen molar-refractivity contribution in [2.75, 3.05) is 26.7 Å². The molecule has 4 rings (SSSR count). The van der Waals surface area contributed by atoms with Crippen LogP contribution in [0.4, 0.5) is 8.78 Å². The number of fused-ring (bicyclic) bond motifs is 1. The highest BCUT2D eigenvalue weighted by Crippen LogP contribution is 2.44. The van der Waals surface area contributed by atoms with E-state index in [9.17, 15) is 13.6 Å². The summed E-state index contributed by atoms with van der Waals surface area (Å²) in [4.78, 5) is 17.0. The van der Waals surface area contributed by atoms with Crippen LogP contribution in [0.3, 0.4) is 0 Å². The van der Waals surface area contributed by atoms with Crippen molar-refractivity contribution in [1.29, 1.82) is 0 Å². The van der Waals surface area contributed by atoms with E-state index in [4.69, 9.17) is 0 Å². The maximum atomic E-state index is 13.3.